The van der Waals surface area contributed by atoms with Crippen LogP contribution < -0.4 is 5.32 Å². The first-order chi connectivity index (χ1) is 15.3. The number of rotatable bonds is 6. The quantitative estimate of drug-likeness (QED) is 0.333. The normalized spacial score (nSPS) is 10.9. The molecule has 0 radical (unpaired) electrons. The molecule has 11 heteroatoms. The number of hydrogen-bond donors (Lipinski definition) is 2. The fraction of sp³-hybridized carbons (Fsp3) is 0.0476. The number of halogens is 4. The van der Waals surface area contributed by atoms with Crippen molar-refractivity contribution >= 4 is 23.0 Å². The molecule has 0 atom stereocenters. The van der Waals surface area contributed by atoms with E-state index in [2.05, 4.69) is 20.5 Å². The molecular weight excluding hydrogens is 448 g/mol. The van der Waals surface area contributed by atoms with Gasteiger partial charge in [0.2, 0.25) is 0 Å². The van der Waals surface area contributed by atoms with Crippen LogP contribution >= 0.6 is 11.3 Å². The van der Waals surface area contributed by atoms with Gasteiger partial charge in [0, 0.05) is 29.5 Å². The zero-order valence-electron chi connectivity index (χ0n) is 16.0. The number of amides is 1. The van der Waals surface area contributed by atoms with Crippen molar-refractivity contribution in [1.29, 1.82) is 0 Å². The molecule has 2 N–H and O–H groups in total. The van der Waals surface area contributed by atoms with Gasteiger partial charge in [-0.2, -0.15) is 0 Å². The van der Waals surface area contributed by atoms with Crippen LogP contribution in [0.5, 0.6) is 0 Å². The largest absolute Gasteiger partial charge is 0.356 e. The molecule has 0 aliphatic carbocycles. The number of aromatic amines is 1. The van der Waals surface area contributed by atoms with E-state index in [9.17, 15) is 27.2 Å². The number of ketones is 1. The number of nitrogens with one attached hydrogen (secondary N) is 2. The number of aromatic nitrogens is 3. The van der Waals surface area contributed by atoms with Gasteiger partial charge in [-0.15, -0.1) is 10.2 Å². The third-order valence-corrected chi connectivity index (χ3v) is 5.33. The van der Waals surface area contributed by atoms with E-state index >= 15 is 0 Å². The molecule has 0 unspecified atom stereocenters. The summed E-state index contributed by atoms with van der Waals surface area (Å²) in [6.07, 6.45) is 1.12. The second-order valence-corrected chi connectivity index (χ2v) is 7.63. The standard InChI is InChI=1S/C21H12F4N4O2S/c22-12-3-1-2-10(4-12)21-29-28-17(32-21)9-27-20(31)16-5-11(8-26-16)19(30)18-14(24)6-13(23)7-15(18)25/h1-8,26H,9H2,(H,27,31). The van der Waals surface area contributed by atoms with E-state index in [0.717, 1.165) is 23.6 Å². The third-order valence-electron chi connectivity index (χ3n) is 4.36. The first-order valence-electron chi connectivity index (χ1n) is 9.06. The van der Waals surface area contributed by atoms with Crippen LogP contribution in [0.2, 0.25) is 0 Å². The number of benzene rings is 2. The topological polar surface area (TPSA) is 87.7 Å². The minimum absolute atomic E-state index is 0.00926. The predicted molar refractivity (Wildman–Crippen MR) is 107 cm³/mol. The lowest BCUT2D eigenvalue weighted by molar-refractivity contribution is 0.0946. The van der Waals surface area contributed by atoms with Crippen molar-refractivity contribution in [2.24, 2.45) is 0 Å². The molecule has 0 fully saturated rings. The Morgan fingerprint density at radius 1 is 0.969 bits per heavy atom. The Morgan fingerprint density at radius 3 is 2.44 bits per heavy atom. The lowest BCUT2D eigenvalue weighted by Crippen LogP contribution is -2.23. The van der Waals surface area contributed by atoms with Crippen LogP contribution in [-0.4, -0.2) is 26.9 Å². The van der Waals surface area contributed by atoms with Gasteiger partial charge in [-0.25, -0.2) is 17.6 Å². The van der Waals surface area contributed by atoms with Gasteiger partial charge >= 0.3 is 0 Å². The van der Waals surface area contributed by atoms with Crippen LogP contribution in [0.15, 0.2) is 48.7 Å². The number of hydrogen-bond acceptors (Lipinski definition) is 5. The molecule has 0 bridgehead atoms. The molecule has 0 spiro atoms. The molecule has 162 valence electrons. The molecular formula is C21H12F4N4O2S. The minimum Gasteiger partial charge on any atom is -0.356 e. The maximum Gasteiger partial charge on any atom is 0.268 e. The monoisotopic (exact) mass is 460 g/mol. The van der Waals surface area contributed by atoms with E-state index in [1.807, 2.05) is 0 Å². The molecule has 2 aromatic carbocycles. The van der Waals surface area contributed by atoms with Crippen molar-refractivity contribution in [2.45, 2.75) is 6.54 Å². The summed E-state index contributed by atoms with van der Waals surface area (Å²) < 4.78 is 54.1. The fourth-order valence-electron chi connectivity index (χ4n) is 2.87. The van der Waals surface area contributed by atoms with Crippen LogP contribution in [0.4, 0.5) is 17.6 Å². The highest BCUT2D eigenvalue weighted by atomic mass is 32.1. The summed E-state index contributed by atoms with van der Waals surface area (Å²) in [5, 5.41) is 11.4. The first kappa shape index (κ1) is 21.4. The van der Waals surface area contributed by atoms with E-state index in [-0.39, 0.29) is 17.8 Å². The number of carbonyl (C=O) groups is 2. The predicted octanol–water partition coefficient (Wildman–Crippen LogP) is 4.25. The average Bonchev–Trinajstić information content (AvgIpc) is 3.41. The van der Waals surface area contributed by atoms with E-state index in [4.69, 9.17) is 0 Å². The van der Waals surface area contributed by atoms with Crippen molar-refractivity contribution < 1.29 is 27.2 Å². The van der Waals surface area contributed by atoms with Gasteiger partial charge in [0.25, 0.3) is 5.91 Å². The summed E-state index contributed by atoms with van der Waals surface area (Å²) in [7, 11) is 0. The number of nitrogens with zero attached hydrogens (tertiary/aromatic N) is 2. The van der Waals surface area contributed by atoms with Gasteiger partial charge in [-0.3, -0.25) is 9.59 Å². The molecule has 6 nitrogen and oxygen atoms in total. The highest BCUT2D eigenvalue weighted by Crippen LogP contribution is 2.24. The maximum atomic E-state index is 13.8. The van der Waals surface area contributed by atoms with Crippen LogP contribution in [0.3, 0.4) is 0 Å². The van der Waals surface area contributed by atoms with E-state index in [1.54, 1.807) is 12.1 Å². The van der Waals surface area contributed by atoms with E-state index < -0.39 is 40.5 Å². The molecule has 1 amide bonds. The first-order valence-corrected chi connectivity index (χ1v) is 9.87. The van der Waals surface area contributed by atoms with Gasteiger partial charge < -0.3 is 10.3 Å². The maximum absolute atomic E-state index is 13.8. The minimum atomic E-state index is -1.34. The van der Waals surface area contributed by atoms with Crippen LogP contribution in [0.25, 0.3) is 10.6 Å². The van der Waals surface area contributed by atoms with Gasteiger partial charge in [-0.1, -0.05) is 23.5 Å². The summed E-state index contributed by atoms with van der Waals surface area (Å²) in [5.41, 5.74) is -0.584. The summed E-state index contributed by atoms with van der Waals surface area (Å²) in [6.45, 7) is 0.00926. The lowest BCUT2D eigenvalue weighted by atomic mass is 10.0. The Bertz CT molecular complexity index is 1310. The molecule has 32 heavy (non-hydrogen) atoms. The van der Waals surface area contributed by atoms with Crippen LogP contribution in [-0.2, 0) is 6.54 Å². The highest BCUT2D eigenvalue weighted by Gasteiger charge is 2.22. The molecule has 4 rings (SSSR count). The van der Waals surface area contributed by atoms with Gasteiger partial charge in [0.05, 0.1) is 12.1 Å². The Kier molecular flexibility index (Phi) is 5.82. The summed E-state index contributed by atoms with van der Waals surface area (Å²) in [4.78, 5) is 27.3. The molecule has 2 heterocycles. The van der Waals surface area contributed by atoms with Gasteiger partial charge in [0.15, 0.2) is 5.78 Å². The highest BCUT2D eigenvalue weighted by molar-refractivity contribution is 7.14. The zero-order chi connectivity index (χ0) is 22.8. The zero-order valence-corrected chi connectivity index (χ0v) is 16.8. The Morgan fingerprint density at radius 2 is 1.72 bits per heavy atom. The van der Waals surface area contributed by atoms with Crippen LogP contribution in [0.1, 0.15) is 31.4 Å². The van der Waals surface area contributed by atoms with Crippen molar-refractivity contribution in [2.75, 3.05) is 0 Å². The Labute approximate surface area is 181 Å². The third kappa shape index (κ3) is 4.42. The summed E-state index contributed by atoms with van der Waals surface area (Å²) in [5.74, 6) is -5.89. The molecule has 4 aromatic rings. The van der Waals surface area contributed by atoms with Crippen molar-refractivity contribution in [3.05, 3.63) is 93.8 Å². The van der Waals surface area contributed by atoms with Gasteiger partial charge in [-0.05, 0) is 18.2 Å². The second-order valence-electron chi connectivity index (χ2n) is 6.57. The van der Waals surface area contributed by atoms with Crippen molar-refractivity contribution in [3.63, 3.8) is 0 Å². The molecule has 0 saturated heterocycles. The smallest absolute Gasteiger partial charge is 0.268 e. The Hall–Kier alpha value is -3.86. The summed E-state index contributed by atoms with van der Waals surface area (Å²) in [6, 6.07) is 7.76. The lowest BCUT2D eigenvalue weighted by Gasteiger charge is -2.03. The number of H-pyrrole nitrogens is 1. The Balaban J connectivity index is 1.43. The fourth-order valence-corrected chi connectivity index (χ4v) is 3.65. The SMILES string of the molecule is O=C(NCc1nnc(-c2cccc(F)c2)s1)c1cc(C(=O)c2c(F)cc(F)cc2F)c[nH]1. The number of carbonyl (C=O) groups excluding carboxylic acids is 2. The van der Waals surface area contributed by atoms with Crippen LogP contribution in [0, 0.1) is 23.3 Å². The molecule has 0 saturated carbocycles. The van der Waals surface area contributed by atoms with Crippen molar-refractivity contribution in [3.8, 4) is 10.6 Å². The van der Waals surface area contributed by atoms with E-state index in [0.29, 0.717) is 27.7 Å². The van der Waals surface area contributed by atoms with Crippen molar-refractivity contribution in [1.82, 2.24) is 20.5 Å². The molecule has 0 aliphatic heterocycles. The molecule has 2 aromatic heterocycles. The molecule has 0 aliphatic rings. The van der Waals surface area contributed by atoms with Gasteiger partial charge in [0.1, 0.15) is 39.0 Å². The second kappa shape index (κ2) is 8.71. The van der Waals surface area contributed by atoms with E-state index in [1.165, 1.54) is 12.1 Å². The summed E-state index contributed by atoms with van der Waals surface area (Å²) >= 11 is 1.16. The average molecular weight is 460 g/mol.